The molecule has 0 aliphatic carbocycles. The Morgan fingerprint density at radius 2 is 2.19 bits per heavy atom. The highest BCUT2D eigenvalue weighted by Crippen LogP contribution is 2.17. The second kappa shape index (κ2) is 5.44. The molecule has 0 unspecified atom stereocenters. The van der Waals surface area contributed by atoms with Crippen molar-refractivity contribution in [3.8, 4) is 0 Å². The summed E-state index contributed by atoms with van der Waals surface area (Å²) >= 11 is 0. The van der Waals surface area contributed by atoms with Crippen LogP contribution >= 0.6 is 0 Å². The number of hydrogen-bond acceptors (Lipinski definition) is 2. The maximum Gasteiger partial charge on any atom is 0.272 e. The average molecular weight is 282 g/mol. The Hall–Kier alpha value is -2.56. The van der Waals surface area contributed by atoms with Gasteiger partial charge >= 0.3 is 0 Å². The fourth-order valence-corrected chi connectivity index (χ4v) is 2.32. The number of rotatable bonds is 4. The number of aromatic amines is 1. The maximum absolute atomic E-state index is 12.1. The van der Waals surface area contributed by atoms with Gasteiger partial charge in [0.1, 0.15) is 5.69 Å². The van der Waals surface area contributed by atoms with Crippen molar-refractivity contribution in [2.24, 2.45) is 0 Å². The van der Waals surface area contributed by atoms with E-state index in [0.717, 1.165) is 16.5 Å². The predicted molar refractivity (Wildman–Crippen MR) is 82.1 cm³/mol. The van der Waals surface area contributed by atoms with Crippen LogP contribution < -0.4 is 5.32 Å². The van der Waals surface area contributed by atoms with Crippen LogP contribution in [0.5, 0.6) is 0 Å². The van der Waals surface area contributed by atoms with E-state index in [4.69, 9.17) is 0 Å². The highest BCUT2D eigenvalue weighted by atomic mass is 16.1. The zero-order valence-corrected chi connectivity index (χ0v) is 12.1. The molecule has 2 aromatic heterocycles. The molecule has 1 aromatic carbocycles. The third-order valence-corrected chi connectivity index (χ3v) is 3.49. The smallest absolute Gasteiger partial charge is 0.272 e. The van der Waals surface area contributed by atoms with Gasteiger partial charge in [0.2, 0.25) is 0 Å². The first-order valence-corrected chi connectivity index (χ1v) is 7.03. The standard InChI is InChI=1S/C16H18N4O/c1-11(2)20-9-7-15(19-20)16(21)18-10-12-4-3-5-14-13(12)6-8-17-14/h3-9,11,17H,10H2,1-2H3,(H,18,21). The van der Waals surface area contributed by atoms with Gasteiger partial charge in [0.25, 0.3) is 5.91 Å². The zero-order chi connectivity index (χ0) is 14.8. The maximum atomic E-state index is 12.1. The first-order valence-electron chi connectivity index (χ1n) is 7.03. The average Bonchev–Trinajstić information content (AvgIpc) is 3.13. The lowest BCUT2D eigenvalue weighted by atomic mass is 10.1. The highest BCUT2D eigenvalue weighted by molar-refractivity contribution is 5.92. The molecule has 0 saturated heterocycles. The van der Waals surface area contributed by atoms with Crippen molar-refractivity contribution in [1.82, 2.24) is 20.1 Å². The summed E-state index contributed by atoms with van der Waals surface area (Å²) < 4.78 is 1.78. The van der Waals surface area contributed by atoms with Gasteiger partial charge in [-0.15, -0.1) is 0 Å². The van der Waals surface area contributed by atoms with Crippen molar-refractivity contribution in [2.75, 3.05) is 0 Å². The number of H-pyrrole nitrogens is 1. The summed E-state index contributed by atoms with van der Waals surface area (Å²) in [4.78, 5) is 15.3. The lowest BCUT2D eigenvalue weighted by Crippen LogP contribution is -2.23. The van der Waals surface area contributed by atoms with Gasteiger partial charge < -0.3 is 10.3 Å². The van der Waals surface area contributed by atoms with Gasteiger partial charge in [0, 0.05) is 35.9 Å². The first kappa shape index (κ1) is 13.4. The predicted octanol–water partition coefficient (Wildman–Crippen LogP) is 2.88. The Bertz CT molecular complexity index is 769. The molecular weight excluding hydrogens is 264 g/mol. The molecule has 3 aromatic rings. The summed E-state index contributed by atoms with van der Waals surface area (Å²) in [7, 11) is 0. The van der Waals surface area contributed by atoms with E-state index in [2.05, 4.69) is 15.4 Å². The Morgan fingerprint density at radius 3 is 2.95 bits per heavy atom. The van der Waals surface area contributed by atoms with Crippen LogP contribution in [0.15, 0.2) is 42.7 Å². The molecular formula is C16H18N4O. The van der Waals surface area contributed by atoms with Crippen LogP contribution in [0.1, 0.15) is 35.9 Å². The number of fused-ring (bicyclic) bond motifs is 1. The topological polar surface area (TPSA) is 62.7 Å². The molecule has 0 aliphatic rings. The van der Waals surface area contributed by atoms with E-state index < -0.39 is 0 Å². The quantitative estimate of drug-likeness (QED) is 0.773. The molecule has 0 atom stereocenters. The van der Waals surface area contributed by atoms with Crippen molar-refractivity contribution in [1.29, 1.82) is 0 Å². The van der Waals surface area contributed by atoms with Crippen molar-refractivity contribution < 1.29 is 4.79 Å². The molecule has 0 fully saturated rings. The fraction of sp³-hybridized carbons (Fsp3) is 0.250. The van der Waals surface area contributed by atoms with Crippen LogP contribution in [0.2, 0.25) is 0 Å². The summed E-state index contributed by atoms with van der Waals surface area (Å²) in [5.41, 5.74) is 2.61. The number of amides is 1. The normalized spacial score (nSPS) is 11.2. The van der Waals surface area contributed by atoms with Crippen molar-refractivity contribution >= 4 is 16.8 Å². The molecule has 21 heavy (non-hydrogen) atoms. The minimum absolute atomic E-state index is 0.151. The molecule has 3 rings (SSSR count). The number of benzene rings is 1. The van der Waals surface area contributed by atoms with E-state index in [9.17, 15) is 4.79 Å². The van der Waals surface area contributed by atoms with Crippen LogP contribution in [0.4, 0.5) is 0 Å². The van der Waals surface area contributed by atoms with Gasteiger partial charge in [-0.3, -0.25) is 9.48 Å². The van der Waals surface area contributed by atoms with Crippen molar-refractivity contribution in [3.63, 3.8) is 0 Å². The zero-order valence-electron chi connectivity index (χ0n) is 12.1. The van der Waals surface area contributed by atoms with Gasteiger partial charge in [-0.25, -0.2) is 0 Å². The third kappa shape index (κ3) is 2.67. The molecule has 5 nitrogen and oxygen atoms in total. The van der Waals surface area contributed by atoms with Crippen LogP contribution in [0, 0.1) is 0 Å². The Kier molecular flexibility index (Phi) is 3.48. The van der Waals surface area contributed by atoms with E-state index in [0.29, 0.717) is 12.2 Å². The molecule has 1 amide bonds. The summed E-state index contributed by atoms with van der Waals surface area (Å²) in [5, 5.41) is 8.32. The minimum atomic E-state index is -0.151. The Morgan fingerprint density at radius 1 is 1.33 bits per heavy atom. The minimum Gasteiger partial charge on any atom is -0.361 e. The summed E-state index contributed by atoms with van der Waals surface area (Å²) in [6.45, 7) is 4.55. The van der Waals surface area contributed by atoms with E-state index >= 15 is 0 Å². The van der Waals surface area contributed by atoms with Gasteiger partial charge in [-0.2, -0.15) is 5.10 Å². The number of nitrogens with one attached hydrogen (secondary N) is 2. The van der Waals surface area contributed by atoms with Gasteiger partial charge in [-0.1, -0.05) is 12.1 Å². The molecule has 2 heterocycles. The second-order valence-corrected chi connectivity index (χ2v) is 5.31. The Labute approximate surface area is 123 Å². The van der Waals surface area contributed by atoms with Crippen LogP contribution in [0.25, 0.3) is 10.9 Å². The van der Waals surface area contributed by atoms with E-state index in [1.165, 1.54) is 0 Å². The summed E-state index contributed by atoms with van der Waals surface area (Å²) in [6.07, 6.45) is 3.73. The van der Waals surface area contributed by atoms with Crippen LogP contribution in [0.3, 0.4) is 0 Å². The lowest BCUT2D eigenvalue weighted by molar-refractivity contribution is 0.0945. The van der Waals surface area contributed by atoms with Crippen molar-refractivity contribution in [2.45, 2.75) is 26.4 Å². The largest absolute Gasteiger partial charge is 0.361 e. The molecule has 0 bridgehead atoms. The molecule has 0 saturated carbocycles. The van der Waals surface area contributed by atoms with Crippen LogP contribution in [-0.4, -0.2) is 20.7 Å². The van der Waals surface area contributed by atoms with E-state index in [1.54, 1.807) is 10.7 Å². The number of aromatic nitrogens is 3. The molecule has 0 spiro atoms. The third-order valence-electron chi connectivity index (χ3n) is 3.49. The number of carbonyl (C=O) groups is 1. The molecule has 0 radical (unpaired) electrons. The van der Waals surface area contributed by atoms with E-state index in [-0.39, 0.29) is 11.9 Å². The number of carbonyl (C=O) groups excluding carboxylic acids is 1. The lowest BCUT2D eigenvalue weighted by Gasteiger charge is -2.06. The SMILES string of the molecule is CC(C)n1ccc(C(=O)NCc2cccc3[nH]ccc23)n1. The Balaban J connectivity index is 1.72. The molecule has 0 aliphatic heterocycles. The van der Waals surface area contributed by atoms with Gasteiger partial charge in [0.15, 0.2) is 0 Å². The summed E-state index contributed by atoms with van der Waals surface area (Å²) in [5.74, 6) is -0.151. The highest BCUT2D eigenvalue weighted by Gasteiger charge is 2.11. The number of nitrogens with zero attached hydrogens (tertiary/aromatic N) is 2. The second-order valence-electron chi connectivity index (χ2n) is 5.31. The summed E-state index contributed by atoms with van der Waals surface area (Å²) in [6, 6.07) is 10.0. The molecule has 2 N–H and O–H groups in total. The van der Waals surface area contributed by atoms with Gasteiger partial charge in [-0.05, 0) is 37.6 Å². The van der Waals surface area contributed by atoms with Gasteiger partial charge in [0.05, 0.1) is 0 Å². The monoisotopic (exact) mass is 282 g/mol. The fourth-order valence-electron chi connectivity index (χ4n) is 2.32. The molecule has 5 heteroatoms. The number of hydrogen-bond donors (Lipinski definition) is 2. The van der Waals surface area contributed by atoms with Crippen LogP contribution in [-0.2, 0) is 6.54 Å². The molecule has 108 valence electrons. The van der Waals surface area contributed by atoms with Crippen molar-refractivity contribution in [3.05, 3.63) is 54.0 Å². The van der Waals surface area contributed by atoms with E-state index in [1.807, 2.05) is 50.5 Å². The first-order chi connectivity index (χ1) is 10.1.